The van der Waals surface area contributed by atoms with Crippen molar-refractivity contribution >= 4 is 0 Å². The fraction of sp³-hybridized carbons (Fsp3) is 1.00. The first kappa shape index (κ1) is 9.44. The number of nitrogens with two attached hydrogens (primary N) is 1. The molecule has 1 saturated heterocycles. The zero-order valence-electron chi connectivity index (χ0n) is 8.41. The zero-order chi connectivity index (χ0) is 9.26. The Kier molecular flexibility index (Phi) is 2.86. The van der Waals surface area contributed by atoms with Crippen molar-refractivity contribution in [3.63, 3.8) is 0 Å². The Hall–Kier alpha value is -0.120. The van der Waals surface area contributed by atoms with Crippen LogP contribution in [-0.2, 0) is 4.74 Å². The SMILES string of the molecule is COC1CC(N2CCC(N)CC2)C1. The molecule has 0 bridgehead atoms. The van der Waals surface area contributed by atoms with E-state index >= 15 is 0 Å². The summed E-state index contributed by atoms with van der Waals surface area (Å²) in [6, 6.07) is 1.24. The number of piperidine rings is 1. The average molecular weight is 184 g/mol. The molecule has 0 spiro atoms. The van der Waals surface area contributed by atoms with Crippen LogP contribution < -0.4 is 5.73 Å². The maximum atomic E-state index is 5.86. The number of likely N-dealkylation sites (tertiary alicyclic amines) is 1. The van der Waals surface area contributed by atoms with E-state index < -0.39 is 0 Å². The molecule has 13 heavy (non-hydrogen) atoms. The molecular formula is C10H20N2O. The van der Waals surface area contributed by atoms with E-state index in [9.17, 15) is 0 Å². The van der Waals surface area contributed by atoms with Gasteiger partial charge in [0, 0.05) is 19.2 Å². The predicted octanol–water partition coefficient (Wildman–Crippen LogP) is 0.587. The smallest absolute Gasteiger partial charge is 0.0601 e. The van der Waals surface area contributed by atoms with Crippen LogP contribution in [0.3, 0.4) is 0 Å². The van der Waals surface area contributed by atoms with E-state index in [-0.39, 0.29) is 0 Å². The standard InChI is InChI=1S/C10H20N2O/c1-13-10-6-9(7-10)12-4-2-8(11)3-5-12/h8-10H,2-7,11H2,1H3. The maximum Gasteiger partial charge on any atom is 0.0601 e. The van der Waals surface area contributed by atoms with E-state index in [1.807, 2.05) is 7.11 Å². The average Bonchev–Trinajstić information content (AvgIpc) is 2.06. The van der Waals surface area contributed by atoms with Crippen molar-refractivity contribution in [1.29, 1.82) is 0 Å². The van der Waals surface area contributed by atoms with Gasteiger partial charge in [-0.15, -0.1) is 0 Å². The van der Waals surface area contributed by atoms with Crippen LogP contribution in [0.4, 0.5) is 0 Å². The summed E-state index contributed by atoms with van der Waals surface area (Å²) >= 11 is 0. The molecule has 1 heterocycles. The van der Waals surface area contributed by atoms with Gasteiger partial charge in [-0.2, -0.15) is 0 Å². The van der Waals surface area contributed by atoms with Gasteiger partial charge in [0.1, 0.15) is 0 Å². The van der Waals surface area contributed by atoms with Gasteiger partial charge in [0.25, 0.3) is 0 Å². The molecule has 2 fully saturated rings. The van der Waals surface area contributed by atoms with E-state index in [1.54, 1.807) is 0 Å². The topological polar surface area (TPSA) is 38.5 Å². The van der Waals surface area contributed by atoms with Gasteiger partial charge in [0.2, 0.25) is 0 Å². The van der Waals surface area contributed by atoms with Gasteiger partial charge in [-0.3, -0.25) is 0 Å². The molecule has 2 N–H and O–H groups in total. The summed E-state index contributed by atoms with van der Waals surface area (Å²) in [6.45, 7) is 2.39. The van der Waals surface area contributed by atoms with Crippen LogP contribution in [0.2, 0.25) is 0 Å². The van der Waals surface area contributed by atoms with Gasteiger partial charge >= 0.3 is 0 Å². The van der Waals surface area contributed by atoms with Crippen LogP contribution in [0.15, 0.2) is 0 Å². The summed E-state index contributed by atoms with van der Waals surface area (Å²) in [5, 5.41) is 0. The second-order valence-electron chi connectivity index (χ2n) is 4.36. The quantitative estimate of drug-likeness (QED) is 0.682. The summed E-state index contributed by atoms with van der Waals surface area (Å²) in [4.78, 5) is 2.58. The van der Waals surface area contributed by atoms with Gasteiger partial charge in [0.05, 0.1) is 6.10 Å². The molecule has 2 rings (SSSR count). The van der Waals surface area contributed by atoms with E-state index in [0.29, 0.717) is 12.1 Å². The molecule has 1 aliphatic carbocycles. The highest BCUT2D eigenvalue weighted by Gasteiger charge is 2.34. The molecule has 2 aliphatic rings. The Labute approximate surface area is 80.2 Å². The Bertz CT molecular complexity index is 160. The van der Waals surface area contributed by atoms with Crippen molar-refractivity contribution in [3.05, 3.63) is 0 Å². The first-order valence-corrected chi connectivity index (χ1v) is 5.32. The summed E-state index contributed by atoms with van der Waals surface area (Å²) < 4.78 is 5.28. The number of ether oxygens (including phenoxy) is 1. The molecule has 0 aromatic heterocycles. The fourth-order valence-corrected chi connectivity index (χ4v) is 2.31. The number of hydrogen-bond acceptors (Lipinski definition) is 3. The summed E-state index contributed by atoms with van der Waals surface area (Å²) in [7, 11) is 1.81. The molecule has 1 aliphatic heterocycles. The van der Waals surface area contributed by atoms with Crippen LogP contribution in [0, 0.1) is 0 Å². The van der Waals surface area contributed by atoms with Gasteiger partial charge in [-0.25, -0.2) is 0 Å². The first-order chi connectivity index (χ1) is 6.29. The summed E-state index contributed by atoms with van der Waals surface area (Å²) in [5.74, 6) is 0. The minimum absolute atomic E-state index is 0.453. The second kappa shape index (κ2) is 3.95. The molecule has 0 aromatic rings. The molecule has 0 radical (unpaired) electrons. The summed E-state index contributed by atoms with van der Waals surface area (Å²) in [5.41, 5.74) is 5.86. The largest absolute Gasteiger partial charge is 0.381 e. The third kappa shape index (κ3) is 2.03. The van der Waals surface area contributed by atoms with Crippen LogP contribution in [0.5, 0.6) is 0 Å². The van der Waals surface area contributed by atoms with E-state index in [1.165, 1.54) is 38.8 Å². The summed E-state index contributed by atoms with van der Waals surface area (Å²) in [6.07, 6.45) is 5.33. The molecule has 3 nitrogen and oxygen atoms in total. The molecule has 0 atom stereocenters. The second-order valence-corrected chi connectivity index (χ2v) is 4.36. The molecular weight excluding hydrogens is 164 g/mol. The number of nitrogens with zero attached hydrogens (tertiary/aromatic N) is 1. The highest BCUT2D eigenvalue weighted by Crippen LogP contribution is 2.29. The van der Waals surface area contributed by atoms with Crippen molar-refractivity contribution in [1.82, 2.24) is 4.90 Å². The highest BCUT2D eigenvalue weighted by molar-refractivity contribution is 4.90. The molecule has 0 amide bonds. The minimum atomic E-state index is 0.453. The normalized spacial score (nSPS) is 37.4. The number of methoxy groups -OCH3 is 1. The lowest BCUT2D eigenvalue weighted by molar-refractivity contribution is -0.0333. The van der Waals surface area contributed by atoms with Crippen LogP contribution in [0.1, 0.15) is 25.7 Å². The van der Waals surface area contributed by atoms with Crippen molar-refractivity contribution in [2.24, 2.45) is 5.73 Å². The van der Waals surface area contributed by atoms with E-state index in [2.05, 4.69) is 4.90 Å². The lowest BCUT2D eigenvalue weighted by Crippen LogP contribution is -2.52. The molecule has 76 valence electrons. The fourth-order valence-electron chi connectivity index (χ4n) is 2.31. The number of hydrogen-bond donors (Lipinski definition) is 1. The van der Waals surface area contributed by atoms with Crippen molar-refractivity contribution < 1.29 is 4.74 Å². The lowest BCUT2D eigenvalue weighted by Gasteiger charge is -2.44. The van der Waals surface area contributed by atoms with E-state index in [0.717, 1.165) is 6.04 Å². The Balaban J connectivity index is 1.71. The van der Waals surface area contributed by atoms with Crippen molar-refractivity contribution in [3.8, 4) is 0 Å². The van der Waals surface area contributed by atoms with Crippen LogP contribution >= 0.6 is 0 Å². The Morgan fingerprint density at radius 2 is 1.85 bits per heavy atom. The third-order valence-electron chi connectivity index (χ3n) is 3.49. The van der Waals surface area contributed by atoms with Crippen molar-refractivity contribution in [2.75, 3.05) is 20.2 Å². The zero-order valence-corrected chi connectivity index (χ0v) is 8.41. The molecule has 1 saturated carbocycles. The van der Waals surface area contributed by atoms with E-state index in [4.69, 9.17) is 10.5 Å². The Morgan fingerprint density at radius 1 is 1.23 bits per heavy atom. The Morgan fingerprint density at radius 3 is 2.38 bits per heavy atom. The number of rotatable bonds is 2. The monoisotopic (exact) mass is 184 g/mol. The highest BCUT2D eigenvalue weighted by atomic mass is 16.5. The third-order valence-corrected chi connectivity index (χ3v) is 3.49. The van der Waals surface area contributed by atoms with Gasteiger partial charge < -0.3 is 15.4 Å². The molecule has 0 aromatic carbocycles. The van der Waals surface area contributed by atoms with Gasteiger partial charge in [-0.05, 0) is 38.8 Å². The first-order valence-electron chi connectivity index (χ1n) is 5.32. The van der Waals surface area contributed by atoms with Gasteiger partial charge in [-0.1, -0.05) is 0 Å². The predicted molar refractivity (Wildman–Crippen MR) is 52.6 cm³/mol. The lowest BCUT2D eigenvalue weighted by atomic mass is 9.86. The maximum absolute atomic E-state index is 5.86. The van der Waals surface area contributed by atoms with Crippen LogP contribution in [0.25, 0.3) is 0 Å². The van der Waals surface area contributed by atoms with Crippen molar-refractivity contribution in [2.45, 2.75) is 43.9 Å². The van der Waals surface area contributed by atoms with Crippen LogP contribution in [-0.4, -0.2) is 43.3 Å². The minimum Gasteiger partial charge on any atom is -0.381 e. The van der Waals surface area contributed by atoms with Gasteiger partial charge in [0.15, 0.2) is 0 Å². The molecule has 3 heteroatoms. The molecule has 0 unspecified atom stereocenters.